The van der Waals surface area contributed by atoms with Crippen LogP contribution in [0.2, 0.25) is 0 Å². The maximum absolute atomic E-state index is 11.5. The van der Waals surface area contributed by atoms with Gasteiger partial charge in [0.2, 0.25) is 0 Å². The van der Waals surface area contributed by atoms with E-state index < -0.39 is 11.5 Å². The van der Waals surface area contributed by atoms with Gasteiger partial charge in [0.15, 0.2) is 0 Å². The monoisotopic (exact) mass is 271 g/mol. The van der Waals surface area contributed by atoms with Gasteiger partial charge in [-0.3, -0.25) is 9.69 Å². The quantitative estimate of drug-likeness (QED) is 0.719. The molecule has 5 heteroatoms. The Kier molecular flexibility index (Phi) is 6.23. The number of rotatable bonds is 7. The standard InChI is InChI=1S/C14H29N3O2/c1-5-6-15-14(3,13(18)19)11-12(2)17-9-7-16(4)8-10-17/h12,15H,5-11H2,1-4H3,(H,18,19). The number of hydrogen-bond donors (Lipinski definition) is 2. The molecule has 0 bridgehead atoms. The number of carboxylic acid groups (broad SMARTS) is 1. The Balaban J connectivity index is 2.55. The maximum Gasteiger partial charge on any atom is 0.323 e. The normalized spacial score (nSPS) is 22.9. The number of aliphatic carboxylic acids is 1. The first-order valence-electron chi connectivity index (χ1n) is 7.30. The van der Waals surface area contributed by atoms with Crippen LogP contribution >= 0.6 is 0 Å². The SMILES string of the molecule is CCCNC(C)(CC(C)N1CCN(C)CC1)C(=O)O. The Morgan fingerprint density at radius 2 is 1.95 bits per heavy atom. The van der Waals surface area contributed by atoms with Gasteiger partial charge in [-0.15, -0.1) is 0 Å². The second kappa shape index (κ2) is 7.22. The number of hydrogen-bond acceptors (Lipinski definition) is 4. The van der Waals surface area contributed by atoms with E-state index in [9.17, 15) is 9.90 Å². The van der Waals surface area contributed by atoms with Crippen molar-refractivity contribution in [2.75, 3.05) is 39.8 Å². The highest BCUT2D eigenvalue weighted by Gasteiger charge is 2.35. The van der Waals surface area contributed by atoms with Gasteiger partial charge in [0.1, 0.15) is 5.54 Å². The minimum absolute atomic E-state index is 0.291. The van der Waals surface area contributed by atoms with E-state index in [1.807, 2.05) is 0 Å². The zero-order valence-electron chi connectivity index (χ0n) is 12.8. The van der Waals surface area contributed by atoms with Crippen LogP contribution in [0, 0.1) is 0 Å². The maximum atomic E-state index is 11.5. The van der Waals surface area contributed by atoms with Gasteiger partial charge >= 0.3 is 5.97 Å². The van der Waals surface area contributed by atoms with E-state index in [2.05, 4.69) is 36.0 Å². The van der Waals surface area contributed by atoms with Gasteiger partial charge in [-0.1, -0.05) is 6.92 Å². The fourth-order valence-electron chi connectivity index (χ4n) is 2.62. The molecule has 1 heterocycles. The van der Waals surface area contributed by atoms with Crippen molar-refractivity contribution in [3.8, 4) is 0 Å². The molecule has 2 N–H and O–H groups in total. The van der Waals surface area contributed by atoms with Gasteiger partial charge in [-0.25, -0.2) is 0 Å². The molecule has 19 heavy (non-hydrogen) atoms. The van der Waals surface area contributed by atoms with Crippen LogP contribution in [0.25, 0.3) is 0 Å². The smallest absolute Gasteiger partial charge is 0.323 e. The molecule has 0 aromatic carbocycles. The lowest BCUT2D eigenvalue weighted by atomic mass is 9.92. The summed E-state index contributed by atoms with van der Waals surface area (Å²) in [5, 5.41) is 12.6. The molecular formula is C14H29N3O2. The van der Waals surface area contributed by atoms with E-state index in [0.29, 0.717) is 12.5 Å². The largest absolute Gasteiger partial charge is 0.480 e. The molecule has 0 saturated carbocycles. The lowest BCUT2D eigenvalue weighted by molar-refractivity contribution is -0.145. The highest BCUT2D eigenvalue weighted by molar-refractivity contribution is 5.78. The summed E-state index contributed by atoms with van der Waals surface area (Å²) in [6, 6.07) is 0.291. The molecule has 0 amide bonds. The Labute approximate surface area is 117 Å². The minimum atomic E-state index is -0.821. The third-order valence-electron chi connectivity index (χ3n) is 4.10. The van der Waals surface area contributed by atoms with Gasteiger partial charge in [-0.05, 0) is 40.3 Å². The zero-order chi connectivity index (χ0) is 14.5. The van der Waals surface area contributed by atoms with Crippen molar-refractivity contribution < 1.29 is 9.90 Å². The van der Waals surface area contributed by atoms with E-state index in [-0.39, 0.29) is 0 Å². The van der Waals surface area contributed by atoms with Crippen LogP contribution in [-0.4, -0.2) is 72.2 Å². The fraction of sp³-hybridized carbons (Fsp3) is 0.929. The first-order valence-corrected chi connectivity index (χ1v) is 7.30. The molecule has 1 saturated heterocycles. The van der Waals surface area contributed by atoms with Crippen LogP contribution < -0.4 is 5.32 Å². The van der Waals surface area contributed by atoms with Crippen molar-refractivity contribution >= 4 is 5.97 Å². The van der Waals surface area contributed by atoms with Crippen LogP contribution in [0.1, 0.15) is 33.6 Å². The highest BCUT2D eigenvalue weighted by atomic mass is 16.4. The lowest BCUT2D eigenvalue weighted by Crippen LogP contribution is -2.56. The minimum Gasteiger partial charge on any atom is -0.480 e. The molecule has 2 unspecified atom stereocenters. The zero-order valence-corrected chi connectivity index (χ0v) is 12.8. The van der Waals surface area contributed by atoms with E-state index in [0.717, 1.165) is 39.1 Å². The number of nitrogens with one attached hydrogen (secondary N) is 1. The van der Waals surface area contributed by atoms with Crippen LogP contribution in [0.15, 0.2) is 0 Å². The molecule has 1 aliphatic rings. The topological polar surface area (TPSA) is 55.8 Å². The molecule has 2 atom stereocenters. The summed E-state index contributed by atoms with van der Waals surface area (Å²) in [6.07, 6.45) is 1.60. The van der Waals surface area contributed by atoms with Crippen molar-refractivity contribution in [3.05, 3.63) is 0 Å². The fourth-order valence-corrected chi connectivity index (χ4v) is 2.62. The number of carbonyl (C=O) groups is 1. The van der Waals surface area contributed by atoms with Gasteiger partial charge < -0.3 is 15.3 Å². The van der Waals surface area contributed by atoms with Crippen molar-refractivity contribution in [1.29, 1.82) is 0 Å². The van der Waals surface area contributed by atoms with Gasteiger partial charge in [0, 0.05) is 32.2 Å². The van der Waals surface area contributed by atoms with E-state index in [1.165, 1.54) is 0 Å². The van der Waals surface area contributed by atoms with Gasteiger partial charge in [0.25, 0.3) is 0 Å². The predicted molar refractivity (Wildman–Crippen MR) is 77.5 cm³/mol. The number of likely N-dealkylation sites (N-methyl/N-ethyl adjacent to an activating group) is 1. The molecule has 5 nitrogen and oxygen atoms in total. The summed E-state index contributed by atoms with van der Waals surface area (Å²) >= 11 is 0. The average Bonchev–Trinajstić information content (AvgIpc) is 2.36. The summed E-state index contributed by atoms with van der Waals surface area (Å²) in [4.78, 5) is 16.2. The Morgan fingerprint density at radius 1 is 1.37 bits per heavy atom. The van der Waals surface area contributed by atoms with Gasteiger partial charge in [0.05, 0.1) is 0 Å². The molecule has 1 fully saturated rings. The lowest BCUT2D eigenvalue weighted by Gasteiger charge is -2.39. The summed E-state index contributed by atoms with van der Waals surface area (Å²) < 4.78 is 0. The predicted octanol–water partition coefficient (Wildman–Crippen LogP) is 0.855. The molecule has 0 radical (unpaired) electrons. The second-order valence-electron chi connectivity index (χ2n) is 5.96. The third kappa shape index (κ3) is 4.75. The number of piperazine rings is 1. The van der Waals surface area contributed by atoms with Crippen molar-refractivity contribution in [1.82, 2.24) is 15.1 Å². The van der Waals surface area contributed by atoms with Gasteiger partial charge in [-0.2, -0.15) is 0 Å². The average molecular weight is 271 g/mol. The van der Waals surface area contributed by atoms with Crippen molar-refractivity contribution in [2.24, 2.45) is 0 Å². The van der Waals surface area contributed by atoms with Crippen molar-refractivity contribution in [3.63, 3.8) is 0 Å². The molecule has 0 spiro atoms. The summed E-state index contributed by atoms with van der Waals surface area (Å²) in [7, 11) is 2.13. The highest BCUT2D eigenvalue weighted by Crippen LogP contribution is 2.18. The molecule has 112 valence electrons. The summed E-state index contributed by atoms with van der Waals surface area (Å²) in [5.41, 5.74) is -0.821. The van der Waals surface area contributed by atoms with Crippen LogP contribution in [0.3, 0.4) is 0 Å². The molecular weight excluding hydrogens is 242 g/mol. The number of nitrogens with zero attached hydrogens (tertiary/aromatic N) is 2. The first-order chi connectivity index (χ1) is 8.89. The molecule has 0 aromatic rings. The molecule has 1 rings (SSSR count). The van der Waals surface area contributed by atoms with Crippen molar-refractivity contribution in [2.45, 2.75) is 45.2 Å². The molecule has 1 aliphatic heterocycles. The summed E-state index contributed by atoms with van der Waals surface area (Å²) in [6.45, 7) is 10.9. The third-order valence-corrected chi connectivity index (χ3v) is 4.10. The Hall–Kier alpha value is -0.650. The number of carboxylic acids is 1. The van der Waals surface area contributed by atoms with Crippen LogP contribution in [-0.2, 0) is 4.79 Å². The molecule has 0 aromatic heterocycles. The van der Waals surface area contributed by atoms with Crippen LogP contribution in [0.5, 0.6) is 0 Å². The van der Waals surface area contributed by atoms with E-state index >= 15 is 0 Å². The van der Waals surface area contributed by atoms with E-state index in [4.69, 9.17) is 0 Å². The summed E-state index contributed by atoms with van der Waals surface area (Å²) in [5.74, 6) is -0.748. The second-order valence-corrected chi connectivity index (χ2v) is 5.96. The van der Waals surface area contributed by atoms with Crippen LogP contribution in [0.4, 0.5) is 0 Å². The Bertz CT molecular complexity index is 290. The first kappa shape index (κ1) is 16.4. The van der Waals surface area contributed by atoms with E-state index in [1.54, 1.807) is 6.92 Å². The Morgan fingerprint density at radius 3 is 2.42 bits per heavy atom. The molecule has 0 aliphatic carbocycles.